The molecule has 1 aliphatic rings. The Morgan fingerprint density at radius 1 is 1.45 bits per heavy atom. The molecule has 1 saturated carbocycles. The molecule has 1 aromatic heterocycles. The van der Waals surface area contributed by atoms with Crippen molar-refractivity contribution in [2.24, 2.45) is 10.9 Å². The molecule has 0 aliphatic heterocycles. The van der Waals surface area contributed by atoms with Gasteiger partial charge < -0.3 is 19.9 Å². The first-order valence-electron chi connectivity index (χ1n) is 6.76. The fraction of sp³-hybridized carbons (Fsp3) is 0.533. The summed E-state index contributed by atoms with van der Waals surface area (Å²) in [6.07, 6.45) is -0.221. The Hall–Kier alpha value is -1.43. The van der Waals surface area contributed by atoms with Crippen molar-refractivity contribution in [3.8, 4) is 0 Å². The van der Waals surface area contributed by atoms with Gasteiger partial charge in [0.2, 0.25) is 0 Å². The number of aliphatic imine (C=N–C) groups is 1. The molecule has 5 atom stereocenters. The molecule has 1 fully saturated rings. The van der Waals surface area contributed by atoms with Crippen molar-refractivity contribution in [3.63, 3.8) is 0 Å². The van der Waals surface area contributed by atoms with E-state index in [2.05, 4.69) is 18.3 Å². The summed E-state index contributed by atoms with van der Waals surface area (Å²) >= 11 is 0. The van der Waals surface area contributed by atoms with Crippen molar-refractivity contribution in [1.82, 2.24) is 4.57 Å². The van der Waals surface area contributed by atoms with Gasteiger partial charge >= 0.3 is 0 Å². The van der Waals surface area contributed by atoms with E-state index < -0.39 is 18.3 Å². The highest BCUT2D eigenvalue weighted by molar-refractivity contribution is 5.71. The number of aliphatic hydroxyl groups is 3. The van der Waals surface area contributed by atoms with Crippen LogP contribution in [-0.2, 0) is 0 Å². The van der Waals surface area contributed by atoms with Crippen molar-refractivity contribution >= 4 is 18.1 Å². The highest BCUT2D eigenvalue weighted by Gasteiger charge is 2.44. The summed E-state index contributed by atoms with van der Waals surface area (Å²) in [5.41, 5.74) is 1.74. The van der Waals surface area contributed by atoms with Gasteiger partial charge in [0.25, 0.3) is 0 Å². The molecule has 0 spiro atoms. The molecule has 5 nitrogen and oxygen atoms in total. The smallest absolute Gasteiger partial charge is 0.139 e. The third-order valence-electron chi connectivity index (χ3n) is 4.17. The highest BCUT2D eigenvalue weighted by Crippen LogP contribution is 2.41. The lowest BCUT2D eigenvalue weighted by Crippen LogP contribution is -2.32. The van der Waals surface area contributed by atoms with Crippen LogP contribution in [0.15, 0.2) is 23.8 Å². The van der Waals surface area contributed by atoms with Crippen molar-refractivity contribution in [2.75, 3.05) is 0 Å². The van der Waals surface area contributed by atoms with Gasteiger partial charge in [0.1, 0.15) is 11.9 Å². The Morgan fingerprint density at radius 2 is 2.10 bits per heavy atom. The highest BCUT2D eigenvalue weighted by atomic mass is 16.3. The van der Waals surface area contributed by atoms with E-state index in [1.54, 1.807) is 6.92 Å². The summed E-state index contributed by atoms with van der Waals surface area (Å²) in [6.45, 7) is 11.0. The normalized spacial score (nSPS) is 31.2. The molecular formula is C15H22N2O3. The van der Waals surface area contributed by atoms with E-state index in [1.165, 1.54) is 0 Å². The molecule has 1 aliphatic carbocycles. The topological polar surface area (TPSA) is 78.0 Å². The van der Waals surface area contributed by atoms with E-state index in [0.29, 0.717) is 12.2 Å². The summed E-state index contributed by atoms with van der Waals surface area (Å²) in [5, 5.41) is 30.0. The molecule has 0 unspecified atom stereocenters. The predicted molar refractivity (Wildman–Crippen MR) is 79.2 cm³/mol. The fourth-order valence-electron chi connectivity index (χ4n) is 3.01. The molecule has 0 saturated heterocycles. The number of hydrogen-bond acceptors (Lipinski definition) is 4. The second-order valence-electron chi connectivity index (χ2n) is 5.59. The van der Waals surface area contributed by atoms with Gasteiger partial charge in [0.15, 0.2) is 0 Å². The molecule has 5 heteroatoms. The molecule has 20 heavy (non-hydrogen) atoms. The molecule has 0 aromatic carbocycles. The van der Waals surface area contributed by atoms with E-state index in [9.17, 15) is 15.3 Å². The van der Waals surface area contributed by atoms with Gasteiger partial charge in [-0.05, 0) is 38.6 Å². The maximum Gasteiger partial charge on any atom is 0.139 e. The van der Waals surface area contributed by atoms with Crippen molar-refractivity contribution < 1.29 is 15.3 Å². The van der Waals surface area contributed by atoms with E-state index in [1.807, 2.05) is 23.8 Å². The molecule has 0 bridgehead atoms. The number of rotatable bonds is 4. The van der Waals surface area contributed by atoms with Crippen LogP contribution in [0.25, 0.3) is 5.57 Å². The Bertz CT molecular complexity index is 521. The SMILES string of the molecule is C=Nc1c(C(=C)C)ccn1[C@@H]1C[C@H]([C@H](C)O)[C@@H](O)[C@H]1O. The first kappa shape index (κ1) is 15.0. The largest absolute Gasteiger partial charge is 0.393 e. The van der Waals surface area contributed by atoms with E-state index >= 15 is 0 Å². The zero-order valence-corrected chi connectivity index (χ0v) is 11.9. The van der Waals surface area contributed by atoms with Gasteiger partial charge in [-0.15, -0.1) is 0 Å². The number of aliphatic hydroxyl groups excluding tert-OH is 3. The van der Waals surface area contributed by atoms with Crippen LogP contribution in [0.3, 0.4) is 0 Å². The maximum absolute atomic E-state index is 10.2. The zero-order chi connectivity index (χ0) is 15.0. The van der Waals surface area contributed by atoms with Crippen LogP contribution in [-0.4, -0.2) is 44.9 Å². The van der Waals surface area contributed by atoms with Crippen molar-refractivity contribution in [2.45, 2.75) is 44.6 Å². The molecule has 110 valence electrons. The molecule has 2 rings (SSSR count). The first-order chi connectivity index (χ1) is 9.38. The number of nitrogens with zero attached hydrogens (tertiary/aromatic N) is 2. The van der Waals surface area contributed by atoms with Gasteiger partial charge in [0.05, 0.1) is 18.2 Å². The van der Waals surface area contributed by atoms with Gasteiger partial charge in [-0.1, -0.05) is 6.58 Å². The van der Waals surface area contributed by atoms with Crippen LogP contribution >= 0.6 is 0 Å². The summed E-state index contributed by atoms with van der Waals surface area (Å²) in [6, 6.07) is 1.56. The van der Waals surface area contributed by atoms with Gasteiger partial charge in [-0.25, -0.2) is 4.99 Å². The van der Waals surface area contributed by atoms with E-state index in [0.717, 1.165) is 11.1 Å². The van der Waals surface area contributed by atoms with Crippen LogP contribution in [0.1, 0.15) is 31.9 Å². The average Bonchev–Trinajstić information content (AvgIpc) is 2.92. The molecule has 0 amide bonds. The number of allylic oxidation sites excluding steroid dienone is 1. The third kappa shape index (κ3) is 2.32. The van der Waals surface area contributed by atoms with Gasteiger partial charge in [-0.2, -0.15) is 0 Å². The van der Waals surface area contributed by atoms with Gasteiger partial charge in [0, 0.05) is 17.7 Å². The lowest BCUT2D eigenvalue weighted by atomic mass is 10.00. The maximum atomic E-state index is 10.2. The summed E-state index contributed by atoms with van der Waals surface area (Å²) < 4.78 is 1.81. The lowest BCUT2D eigenvalue weighted by Gasteiger charge is -2.20. The van der Waals surface area contributed by atoms with Crippen LogP contribution in [0, 0.1) is 5.92 Å². The Balaban J connectivity index is 2.38. The lowest BCUT2D eigenvalue weighted by molar-refractivity contribution is -0.0213. The van der Waals surface area contributed by atoms with Crippen molar-refractivity contribution in [3.05, 3.63) is 24.4 Å². The molecule has 1 heterocycles. The molecular weight excluding hydrogens is 256 g/mol. The minimum atomic E-state index is -0.937. The zero-order valence-electron chi connectivity index (χ0n) is 11.9. The monoisotopic (exact) mass is 278 g/mol. The molecule has 0 radical (unpaired) electrons. The minimum absolute atomic E-state index is 0.321. The molecule has 1 aromatic rings. The summed E-state index contributed by atoms with van der Waals surface area (Å²) in [7, 11) is 0. The standard InChI is InChI=1S/C15H22N2O3/c1-8(2)10-5-6-17(15(10)16-4)12-7-11(9(3)18)13(19)14(12)20/h5-6,9,11-14,18-20H,1,4,7H2,2-3H3/t9-,11+,12+,13+,14-/m0/s1. The minimum Gasteiger partial charge on any atom is -0.393 e. The van der Waals surface area contributed by atoms with Crippen LogP contribution in [0.4, 0.5) is 5.82 Å². The fourth-order valence-corrected chi connectivity index (χ4v) is 3.01. The first-order valence-corrected chi connectivity index (χ1v) is 6.76. The Morgan fingerprint density at radius 3 is 2.55 bits per heavy atom. The van der Waals surface area contributed by atoms with Gasteiger partial charge in [-0.3, -0.25) is 0 Å². The third-order valence-corrected chi connectivity index (χ3v) is 4.17. The predicted octanol–water partition coefficient (Wildman–Crippen LogP) is 1.52. The van der Waals surface area contributed by atoms with E-state index in [-0.39, 0.29) is 12.0 Å². The van der Waals surface area contributed by atoms with Crippen LogP contribution in [0.2, 0.25) is 0 Å². The Kier molecular flexibility index (Phi) is 4.13. The quantitative estimate of drug-likeness (QED) is 0.731. The second-order valence-corrected chi connectivity index (χ2v) is 5.59. The van der Waals surface area contributed by atoms with Crippen LogP contribution < -0.4 is 0 Å². The number of hydrogen-bond donors (Lipinski definition) is 3. The number of aromatic nitrogens is 1. The summed E-state index contributed by atoms with van der Waals surface area (Å²) in [5.74, 6) is 0.295. The van der Waals surface area contributed by atoms with E-state index in [4.69, 9.17) is 0 Å². The Labute approximate surface area is 118 Å². The average molecular weight is 278 g/mol. The molecule has 3 N–H and O–H groups in total. The second kappa shape index (κ2) is 5.52. The summed E-state index contributed by atoms with van der Waals surface area (Å²) in [4.78, 5) is 4.02. The van der Waals surface area contributed by atoms with Crippen LogP contribution in [0.5, 0.6) is 0 Å². The van der Waals surface area contributed by atoms with Crippen molar-refractivity contribution in [1.29, 1.82) is 0 Å².